The highest BCUT2D eigenvalue weighted by molar-refractivity contribution is 5.62. The fraction of sp³-hybridized carbons (Fsp3) is 0.625. The maximum Gasteiger partial charge on any atom is 0.142 e. The average molecular weight is 292 g/mol. The molecule has 1 atom stereocenters. The molecular formula is C16H24N2O3. The number of methoxy groups -OCH3 is 1. The normalized spacial score (nSPS) is 22.3. The molecule has 1 aromatic carbocycles. The summed E-state index contributed by atoms with van der Waals surface area (Å²) in [4.78, 5) is 2.36. The predicted octanol–water partition coefficient (Wildman–Crippen LogP) is 1.52. The number of nitrogens with one attached hydrogen (secondary N) is 1. The number of nitrogens with zero attached hydrogens (tertiary/aromatic N) is 1. The Labute approximate surface area is 126 Å². The molecule has 5 nitrogen and oxygen atoms in total. The van der Waals surface area contributed by atoms with Crippen LogP contribution in [0.25, 0.3) is 0 Å². The van der Waals surface area contributed by atoms with Crippen molar-refractivity contribution in [2.45, 2.75) is 6.42 Å². The SMILES string of the molecule is COc1ccc(OCC2CCOC2)c(N2CCNCC2)c1. The Bertz CT molecular complexity index is 455. The van der Waals surface area contributed by atoms with Crippen LogP contribution in [0.1, 0.15) is 6.42 Å². The van der Waals surface area contributed by atoms with Gasteiger partial charge in [0.25, 0.3) is 0 Å². The van der Waals surface area contributed by atoms with Crippen molar-refractivity contribution in [2.24, 2.45) is 5.92 Å². The lowest BCUT2D eigenvalue weighted by atomic mass is 10.1. The molecule has 0 bridgehead atoms. The van der Waals surface area contributed by atoms with Gasteiger partial charge >= 0.3 is 0 Å². The van der Waals surface area contributed by atoms with Crippen LogP contribution >= 0.6 is 0 Å². The van der Waals surface area contributed by atoms with E-state index < -0.39 is 0 Å². The second kappa shape index (κ2) is 7.00. The van der Waals surface area contributed by atoms with Crippen LogP contribution in [0.5, 0.6) is 11.5 Å². The van der Waals surface area contributed by atoms with Crippen LogP contribution in [0.4, 0.5) is 5.69 Å². The highest BCUT2D eigenvalue weighted by Gasteiger charge is 2.19. The monoisotopic (exact) mass is 292 g/mol. The molecule has 21 heavy (non-hydrogen) atoms. The summed E-state index contributed by atoms with van der Waals surface area (Å²) in [6.07, 6.45) is 1.10. The van der Waals surface area contributed by atoms with Crippen molar-refractivity contribution in [3.63, 3.8) is 0 Å². The second-order valence-electron chi connectivity index (χ2n) is 5.61. The summed E-state index contributed by atoms with van der Waals surface area (Å²) in [5.74, 6) is 2.34. The number of rotatable bonds is 5. The van der Waals surface area contributed by atoms with Gasteiger partial charge in [-0.25, -0.2) is 0 Å². The summed E-state index contributed by atoms with van der Waals surface area (Å²) < 4.78 is 16.8. The first-order valence-corrected chi connectivity index (χ1v) is 7.71. The smallest absolute Gasteiger partial charge is 0.142 e. The maximum atomic E-state index is 6.08. The van der Waals surface area contributed by atoms with Crippen molar-refractivity contribution in [3.05, 3.63) is 18.2 Å². The number of ether oxygens (including phenoxy) is 3. The van der Waals surface area contributed by atoms with E-state index in [0.29, 0.717) is 5.92 Å². The summed E-state index contributed by atoms with van der Waals surface area (Å²) in [7, 11) is 1.70. The predicted molar refractivity (Wildman–Crippen MR) is 82.5 cm³/mol. The minimum atomic E-state index is 0.517. The van der Waals surface area contributed by atoms with Gasteiger partial charge in [0.15, 0.2) is 0 Å². The average Bonchev–Trinajstić information content (AvgIpc) is 3.07. The Morgan fingerprint density at radius 1 is 1.33 bits per heavy atom. The summed E-state index contributed by atoms with van der Waals surface area (Å²) in [5, 5.41) is 3.38. The van der Waals surface area contributed by atoms with E-state index in [1.54, 1.807) is 7.11 Å². The summed E-state index contributed by atoms with van der Waals surface area (Å²) in [6.45, 7) is 6.41. The second-order valence-corrected chi connectivity index (χ2v) is 5.61. The van der Waals surface area contributed by atoms with E-state index >= 15 is 0 Å². The van der Waals surface area contributed by atoms with Crippen LogP contribution in [0, 0.1) is 5.92 Å². The van der Waals surface area contributed by atoms with E-state index in [-0.39, 0.29) is 0 Å². The van der Waals surface area contributed by atoms with E-state index in [4.69, 9.17) is 14.2 Å². The highest BCUT2D eigenvalue weighted by Crippen LogP contribution is 2.33. The van der Waals surface area contributed by atoms with E-state index in [9.17, 15) is 0 Å². The van der Waals surface area contributed by atoms with Crippen LogP contribution in [0.15, 0.2) is 18.2 Å². The standard InChI is InChI=1S/C16H24N2O3/c1-19-14-2-3-16(21-12-13-4-9-20-11-13)15(10-14)18-7-5-17-6-8-18/h2-3,10,13,17H,4-9,11-12H2,1H3. The lowest BCUT2D eigenvalue weighted by Crippen LogP contribution is -2.43. The fourth-order valence-corrected chi connectivity index (χ4v) is 2.82. The molecule has 0 aromatic heterocycles. The zero-order valence-corrected chi connectivity index (χ0v) is 12.6. The van der Waals surface area contributed by atoms with Crippen molar-refractivity contribution in [1.82, 2.24) is 5.32 Å². The molecular weight excluding hydrogens is 268 g/mol. The molecule has 0 saturated carbocycles. The zero-order valence-electron chi connectivity index (χ0n) is 12.6. The van der Waals surface area contributed by atoms with Crippen molar-refractivity contribution < 1.29 is 14.2 Å². The first-order valence-electron chi connectivity index (χ1n) is 7.71. The van der Waals surface area contributed by atoms with Crippen LogP contribution in [0.3, 0.4) is 0 Å². The van der Waals surface area contributed by atoms with Gasteiger partial charge in [-0.15, -0.1) is 0 Å². The molecule has 0 amide bonds. The van der Waals surface area contributed by atoms with E-state index in [1.807, 2.05) is 12.1 Å². The molecule has 2 fully saturated rings. The van der Waals surface area contributed by atoms with E-state index in [0.717, 1.165) is 69.6 Å². The van der Waals surface area contributed by atoms with Gasteiger partial charge in [0.1, 0.15) is 11.5 Å². The highest BCUT2D eigenvalue weighted by atomic mass is 16.5. The van der Waals surface area contributed by atoms with Crippen LogP contribution < -0.4 is 19.7 Å². The molecule has 2 heterocycles. The van der Waals surface area contributed by atoms with Crippen LogP contribution in [-0.4, -0.2) is 53.1 Å². The maximum absolute atomic E-state index is 6.08. The molecule has 116 valence electrons. The summed E-state index contributed by atoms with van der Waals surface area (Å²) in [6, 6.07) is 6.06. The molecule has 1 aromatic rings. The lowest BCUT2D eigenvalue weighted by Gasteiger charge is -2.31. The van der Waals surface area contributed by atoms with Crippen molar-refractivity contribution in [2.75, 3.05) is 58.0 Å². The number of benzene rings is 1. The van der Waals surface area contributed by atoms with Crippen molar-refractivity contribution in [3.8, 4) is 11.5 Å². The molecule has 0 radical (unpaired) electrons. The third kappa shape index (κ3) is 3.60. The molecule has 1 N–H and O–H groups in total. The zero-order chi connectivity index (χ0) is 14.5. The van der Waals surface area contributed by atoms with Gasteiger partial charge in [-0.2, -0.15) is 0 Å². The molecule has 2 aliphatic heterocycles. The van der Waals surface area contributed by atoms with Gasteiger partial charge in [0.2, 0.25) is 0 Å². The van der Waals surface area contributed by atoms with Gasteiger partial charge in [0.05, 0.1) is 26.0 Å². The first-order chi connectivity index (χ1) is 10.4. The molecule has 3 rings (SSSR count). The Balaban J connectivity index is 1.73. The van der Waals surface area contributed by atoms with Gasteiger partial charge in [-0.05, 0) is 18.6 Å². The minimum absolute atomic E-state index is 0.517. The van der Waals surface area contributed by atoms with Gasteiger partial charge in [0, 0.05) is 44.8 Å². The molecule has 0 aliphatic carbocycles. The van der Waals surface area contributed by atoms with E-state index in [1.165, 1.54) is 0 Å². The molecule has 1 unspecified atom stereocenters. The third-order valence-electron chi connectivity index (χ3n) is 4.12. The van der Waals surface area contributed by atoms with Gasteiger partial charge in [-0.1, -0.05) is 0 Å². The Morgan fingerprint density at radius 2 is 2.19 bits per heavy atom. The minimum Gasteiger partial charge on any atom is -0.497 e. The lowest BCUT2D eigenvalue weighted by molar-refractivity contribution is 0.167. The summed E-state index contributed by atoms with van der Waals surface area (Å²) in [5.41, 5.74) is 1.13. The van der Waals surface area contributed by atoms with Gasteiger partial charge in [-0.3, -0.25) is 0 Å². The van der Waals surface area contributed by atoms with E-state index in [2.05, 4.69) is 16.3 Å². The van der Waals surface area contributed by atoms with Crippen LogP contribution in [0.2, 0.25) is 0 Å². The summed E-state index contributed by atoms with van der Waals surface area (Å²) >= 11 is 0. The van der Waals surface area contributed by atoms with Gasteiger partial charge < -0.3 is 24.4 Å². The largest absolute Gasteiger partial charge is 0.497 e. The Hall–Kier alpha value is -1.46. The first kappa shape index (κ1) is 14.5. The number of piperazine rings is 1. The third-order valence-corrected chi connectivity index (χ3v) is 4.12. The quantitative estimate of drug-likeness (QED) is 0.891. The van der Waals surface area contributed by atoms with Crippen LogP contribution in [-0.2, 0) is 4.74 Å². The van der Waals surface area contributed by atoms with Crippen molar-refractivity contribution >= 4 is 5.69 Å². The molecule has 2 saturated heterocycles. The molecule has 2 aliphatic rings. The molecule has 5 heteroatoms. The number of hydrogen-bond donors (Lipinski definition) is 1. The Kier molecular flexibility index (Phi) is 4.83. The molecule has 0 spiro atoms. The van der Waals surface area contributed by atoms with Crippen molar-refractivity contribution in [1.29, 1.82) is 0 Å². The number of anilines is 1. The fourth-order valence-electron chi connectivity index (χ4n) is 2.82. The topological polar surface area (TPSA) is 43.0 Å². The number of hydrogen-bond acceptors (Lipinski definition) is 5. The Morgan fingerprint density at radius 3 is 2.90 bits per heavy atom.